The molecule has 0 aromatic carbocycles. The van der Waals surface area contributed by atoms with Gasteiger partial charge in [0.2, 0.25) is 0 Å². The van der Waals surface area contributed by atoms with Gasteiger partial charge >= 0.3 is 0 Å². The third-order valence-electron chi connectivity index (χ3n) is 3.65. The fraction of sp³-hybridized carbons (Fsp3) is 0.143. The van der Waals surface area contributed by atoms with E-state index in [1.54, 1.807) is 12.1 Å². The van der Waals surface area contributed by atoms with Gasteiger partial charge in [-0.05, 0) is 31.2 Å². The molecule has 120 valence electrons. The van der Waals surface area contributed by atoms with Crippen LogP contribution in [0.25, 0.3) is 16.6 Å². The average Bonchev–Trinajstić information content (AvgIpc) is 3.16. The Bertz CT molecular complexity index is 1140. The van der Waals surface area contributed by atoms with Gasteiger partial charge in [0.15, 0.2) is 0 Å². The number of hydrogen-bond donors (Lipinski definition) is 2. The molecular formula is C14H11N7O2S. The Labute approximate surface area is 138 Å². The molecule has 0 saturated heterocycles. The maximum Gasteiger partial charge on any atom is 0.270 e. The minimum absolute atomic E-state index is 0.0605. The van der Waals surface area contributed by atoms with Crippen LogP contribution in [0.4, 0.5) is 5.95 Å². The molecule has 0 aliphatic carbocycles. The van der Waals surface area contributed by atoms with Gasteiger partial charge in [0.05, 0.1) is 16.5 Å². The Balaban J connectivity index is 1.87. The molecule has 10 heteroatoms. The maximum atomic E-state index is 12.8. The number of fused-ring (bicyclic) bond motifs is 2. The highest BCUT2D eigenvalue weighted by Crippen LogP contribution is 2.26. The lowest BCUT2D eigenvalue weighted by atomic mass is 10.2. The third-order valence-corrected chi connectivity index (χ3v) is 4.66. The molecular weight excluding hydrogens is 330 g/mol. The molecule has 2 N–H and O–H groups in total. The topological polar surface area (TPSA) is 118 Å². The van der Waals surface area contributed by atoms with Gasteiger partial charge in [-0.1, -0.05) is 5.10 Å². The number of aromatic nitrogens is 6. The van der Waals surface area contributed by atoms with Crippen LogP contribution in [0.3, 0.4) is 0 Å². The molecule has 0 radical (unpaired) electrons. The lowest BCUT2D eigenvalue weighted by Gasteiger charge is -2.05. The fourth-order valence-corrected chi connectivity index (χ4v) is 3.55. The number of nitrogens with zero attached hydrogens (tertiary/aromatic N) is 5. The van der Waals surface area contributed by atoms with Gasteiger partial charge in [-0.15, -0.1) is 16.4 Å². The van der Waals surface area contributed by atoms with Crippen molar-refractivity contribution in [3.63, 3.8) is 0 Å². The zero-order valence-corrected chi connectivity index (χ0v) is 13.5. The van der Waals surface area contributed by atoms with E-state index in [9.17, 15) is 9.59 Å². The highest BCUT2D eigenvalue weighted by molar-refractivity contribution is 7.13. The molecule has 0 spiro atoms. The summed E-state index contributed by atoms with van der Waals surface area (Å²) in [5.74, 6) is -0.381. The summed E-state index contributed by atoms with van der Waals surface area (Å²) in [4.78, 5) is 31.5. The number of carbonyl (C=O) groups is 1. The number of amides is 1. The molecule has 0 unspecified atom stereocenters. The zero-order valence-electron chi connectivity index (χ0n) is 12.7. The Morgan fingerprint density at radius 3 is 2.88 bits per heavy atom. The summed E-state index contributed by atoms with van der Waals surface area (Å²) >= 11 is 1.54. The van der Waals surface area contributed by atoms with Crippen molar-refractivity contribution in [1.82, 2.24) is 30.0 Å². The summed E-state index contributed by atoms with van der Waals surface area (Å²) < 4.78 is 1.38. The number of aromatic amines is 1. The molecule has 4 rings (SSSR count). The molecule has 0 aliphatic heterocycles. The van der Waals surface area contributed by atoms with E-state index in [1.807, 2.05) is 13.8 Å². The van der Waals surface area contributed by atoms with E-state index in [0.29, 0.717) is 22.1 Å². The second kappa shape index (κ2) is 5.20. The van der Waals surface area contributed by atoms with Crippen LogP contribution in [0.5, 0.6) is 0 Å². The van der Waals surface area contributed by atoms with Crippen LogP contribution in [0.2, 0.25) is 0 Å². The van der Waals surface area contributed by atoms with Crippen LogP contribution in [0, 0.1) is 13.8 Å². The zero-order chi connectivity index (χ0) is 16.8. The quantitative estimate of drug-likeness (QED) is 0.567. The molecule has 0 fully saturated rings. The number of thiophene rings is 1. The molecule has 1 amide bonds. The highest BCUT2D eigenvalue weighted by atomic mass is 32.1. The highest BCUT2D eigenvalue weighted by Gasteiger charge is 2.15. The first-order valence-corrected chi connectivity index (χ1v) is 7.83. The lowest BCUT2D eigenvalue weighted by molar-refractivity contribution is 0.102. The number of nitrogens with one attached hydrogen (secondary N) is 2. The van der Waals surface area contributed by atoms with Crippen molar-refractivity contribution >= 4 is 39.7 Å². The lowest BCUT2D eigenvalue weighted by Crippen LogP contribution is -2.19. The van der Waals surface area contributed by atoms with E-state index < -0.39 is 5.91 Å². The summed E-state index contributed by atoms with van der Waals surface area (Å²) in [5.41, 5.74) is 1.31. The fourth-order valence-electron chi connectivity index (χ4n) is 2.56. The van der Waals surface area contributed by atoms with Gasteiger partial charge in [-0.2, -0.15) is 5.21 Å². The van der Waals surface area contributed by atoms with Crippen molar-refractivity contribution in [2.75, 3.05) is 5.32 Å². The number of tetrazole rings is 1. The molecule has 4 aromatic rings. The summed E-state index contributed by atoms with van der Waals surface area (Å²) in [6.45, 7) is 3.83. The van der Waals surface area contributed by atoms with Crippen LogP contribution >= 0.6 is 11.3 Å². The smallest absolute Gasteiger partial charge is 0.270 e. The molecule has 0 saturated carbocycles. The largest absolute Gasteiger partial charge is 0.288 e. The van der Waals surface area contributed by atoms with E-state index in [2.05, 4.69) is 30.9 Å². The number of anilines is 1. The SMILES string of the molecule is Cc1sc(C)c2c(=O)n3cc(C(=O)Nc4nn[nH]n4)ccc3nc12. The molecule has 0 aliphatic rings. The van der Waals surface area contributed by atoms with Crippen LogP contribution in [0.15, 0.2) is 23.1 Å². The molecule has 4 aromatic heterocycles. The van der Waals surface area contributed by atoms with Gasteiger partial charge < -0.3 is 0 Å². The summed E-state index contributed by atoms with van der Waals surface area (Å²) in [7, 11) is 0. The Morgan fingerprint density at radius 2 is 2.12 bits per heavy atom. The van der Waals surface area contributed by atoms with Gasteiger partial charge in [-0.25, -0.2) is 4.98 Å². The predicted molar refractivity (Wildman–Crippen MR) is 88.4 cm³/mol. The molecule has 0 atom stereocenters. The standard InChI is InChI=1S/C14H11N7O2S/c1-6-10-11(7(2)24-6)15-9-4-3-8(5-21(9)13(10)23)12(22)16-14-17-19-20-18-14/h3-5H,1-2H3,(H2,16,17,18,19,20,22). The van der Waals surface area contributed by atoms with E-state index in [1.165, 1.54) is 21.9 Å². The molecule has 9 nitrogen and oxygen atoms in total. The Morgan fingerprint density at radius 1 is 1.29 bits per heavy atom. The molecule has 4 heterocycles. The first-order chi connectivity index (χ1) is 11.5. The van der Waals surface area contributed by atoms with E-state index in [0.717, 1.165) is 9.75 Å². The second-order valence-electron chi connectivity index (χ2n) is 5.19. The number of aryl methyl sites for hydroxylation is 2. The molecule has 0 bridgehead atoms. The number of H-pyrrole nitrogens is 1. The third kappa shape index (κ3) is 2.15. The van der Waals surface area contributed by atoms with E-state index in [4.69, 9.17) is 0 Å². The van der Waals surface area contributed by atoms with Gasteiger partial charge in [0.25, 0.3) is 17.4 Å². The van der Waals surface area contributed by atoms with Crippen LogP contribution in [0.1, 0.15) is 20.1 Å². The normalized spacial score (nSPS) is 11.2. The van der Waals surface area contributed by atoms with Gasteiger partial charge in [0, 0.05) is 16.0 Å². The van der Waals surface area contributed by atoms with Crippen molar-refractivity contribution in [1.29, 1.82) is 0 Å². The van der Waals surface area contributed by atoms with Crippen LogP contribution < -0.4 is 10.9 Å². The Kier molecular flexibility index (Phi) is 3.13. The van der Waals surface area contributed by atoms with Gasteiger partial charge in [-0.3, -0.25) is 19.3 Å². The summed E-state index contributed by atoms with van der Waals surface area (Å²) in [6, 6.07) is 3.23. The maximum absolute atomic E-state index is 12.8. The first-order valence-electron chi connectivity index (χ1n) is 7.01. The van der Waals surface area contributed by atoms with Gasteiger partial charge in [0.1, 0.15) is 5.65 Å². The minimum atomic E-state index is -0.441. The average molecular weight is 341 g/mol. The molecule has 24 heavy (non-hydrogen) atoms. The first kappa shape index (κ1) is 14.5. The second-order valence-corrected chi connectivity index (χ2v) is 6.62. The minimum Gasteiger partial charge on any atom is -0.288 e. The van der Waals surface area contributed by atoms with Crippen molar-refractivity contribution in [3.8, 4) is 0 Å². The van der Waals surface area contributed by atoms with Crippen molar-refractivity contribution in [2.24, 2.45) is 0 Å². The van der Waals surface area contributed by atoms with E-state index >= 15 is 0 Å². The van der Waals surface area contributed by atoms with Crippen LogP contribution in [-0.4, -0.2) is 35.9 Å². The number of carbonyl (C=O) groups excluding carboxylic acids is 1. The van der Waals surface area contributed by atoms with Crippen molar-refractivity contribution < 1.29 is 4.79 Å². The van der Waals surface area contributed by atoms with Crippen LogP contribution in [-0.2, 0) is 0 Å². The summed E-state index contributed by atoms with van der Waals surface area (Å²) in [6.07, 6.45) is 1.46. The van der Waals surface area contributed by atoms with E-state index in [-0.39, 0.29) is 11.5 Å². The predicted octanol–water partition coefficient (Wildman–Crippen LogP) is 1.29. The monoisotopic (exact) mass is 341 g/mol. The number of pyridine rings is 1. The van der Waals surface area contributed by atoms with Crippen molar-refractivity contribution in [2.45, 2.75) is 13.8 Å². The number of hydrogen-bond acceptors (Lipinski definition) is 7. The Hall–Kier alpha value is -3.14. The van der Waals surface area contributed by atoms with Crippen molar-refractivity contribution in [3.05, 3.63) is 44.0 Å². The summed E-state index contributed by atoms with van der Waals surface area (Å²) in [5, 5.41) is 16.0. The number of rotatable bonds is 2.